The van der Waals surface area contributed by atoms with E-state index in [9.17, 15) is 0 Å². The standard InChI is InChI=1S/C19H20N2S/c1-6-12-10-16-14(8-3)13(7-2)15(9-4)17-20-22-19(21(16)17)11-18(12,19)5/h1,7-9,12H,3,10-11H2,2,4-5H3/b13-7-,15-9+. The molecule has 0 radical (unpaired) electrons. The van der Waals surface area contributed by atoms with Gasteiger partial charge in [-0.15, -0.1) is 12.3 Å². The maximum Gasteiger partial charge on any atom is 0.149 e. The fourth-order valence-corrected chi connectivity index (χ4v) is 5.85. The van der Waals surface area contributed by atoms with E-state index in [1.54, 1.807) is 11.9 Å². The largest absolute Gasteiger partial charge is 0.311 e. The quantitative estimate of drug-likeness (QED) is 0.525. The van der Waals surface area contributed by atoms with Gasteiger partial charge in [0.2, 0.25) is 0 Å². The lowest BCUT2D eigenvalue weighted by Crippen LogP contribution is -2.48. The molecule has 0 amide bonds. The molecule has 2 fully saturated rings. The fourth-order valence-electron chi connectivity index (χ4n) is 4.43. The van der Waals surface area contributed by atoms with Crippen LogP contribution in [0.4, 0.5) is 0 Å². The summed E-state index contributed by atoms with van der Waals surface area (Å²) in [6, 6.07) is 0. The van der Waals surface area contributed by atoms with Gasteiger partial charge in [-0.2, -0.15) is 4.40 Å². The smallest absolute Gasteiger partial charge is 0.149 e. The van der Waals surface area contributed by atoms with Gasteiger partial charge < -0.3 is 4.90 Å². The number of allylic oxidation sites excluding steroid dienone is 5. The Morgan fingerprint density at radius 1 is 1.41 bits per heavy atom. The lowest BCUT2D eigenvalue weighted by molar-refractivity contribution is 0.252. The first kappa shape index (κ1) is 14.0. The summed E-state index contributed by atoms with van der Waals surface area (Å²) in [6.45, 7) is 10.6. The summed E-state index contributed by atoms with van der Waals surface area (Å²) < 4.78 is 4.86. The Hall–Kier alpha value is -1.66. The van der Waals surface area contributed by atoms with Crippen molar-refractivity contribution in [2.45, 2.75) is 38.5 Å². The van der Waals surface area contributed by atoms with Crippen LogP contribution in [0, 0.1) is 23.7 Å². The van der Waals surface area contributed by atoms with Gasteiger partial charge in [0, 0.05) is 46.5 Å². The van der Waals surface area contributed by atoms with Crippen molar-refractivity contribution in [3.05, 3.63) is 47.2 Å². The molecule has 0 N–H and O–H groups in total. The Balaban J connectivity index is 2.00. The van der Waals surface area contributed by atoms with Gasteiger partial charge >= 0.3 is 0 Å². The average molecular weight is 308 g/mol. The van der Waals surface area contributed by atoms with E-state index < -0.39 is 0 Å². The van der Waals surface area contributed by atoms with E-state index in [0.29, 0.717) is 0 Å². The molecule has 0 aromatic rings. The highest BCUT2D eigenvalue weighted by atomic mass is 32.2. The molecule has 112 valence electrons. The highest BCUT2D eigenvalue weighted by molar-refractivity contribution is 8.00. The van der Waals surface area contributed by atoms with Gasteiger partial charge in [-0.05, 0) is 25.8 Å². The molecule has 0 bridgehead atoms. The summed E-state index contributed by atoms with van der Waals surface area (Å²) in [6.07, 6.45) is 14.2. The molecule has 22 heavy (non-hydrogen) atoms. The molecule has 3 atom stereocenters. The summed E-state index contributed by atoms with van der Waals surface area (Å²) >= 11 is 1.72. The fraction of sp³-hybridized carbons (Fsp3) is 0.421. The first-order valence-electron chi connectivity index (χ1n) is 7.80. The van der Waals surface area contributed by atoms with Crippen molar-refractivity contribution in [3.8, 4) is 12.3 Å². The van der Waals surface area contributed by atoms with E-state index in [-0.39, 0.29) is 16.2 Å². The van der Waals surface area contributed by atoms with Crippen molar-refractivity contribution in [2.24, 2.45) is 15.7 Å². The minimum absolute atomic E-state index is 0.0365. The SMILES string of the molecule is C#CC1CC2=C(C=C)C(=C/C)/C(=C\C)C3=NSC4(CC14C)N32. The third-order valence-corrected chi connectivity index (χ3v) is 7.14. The van der Waals surface area contributed by atoms with Crippen LogP contribution in [0.5, 0.6) is 0 Å². The van der Waals surface area contributed by atoms with Crippen LogP contribution >= 0.6 is 11.9 Å². The van der Waals surface area contributed by atoms with Crippen LogP contribution in [0.1, 0.15) is 33.6 Å². The summed E-state index contributed by atoms with van der Waals surface area (Å²) in [5.41, 5.74) is 5.17. The third kappa shape index (κ3) is 1.29. The minimum Gasteiger partial charge on any atom is -0.311 e. The molecule has 1 saturated heterocycles. The minimum atomic E-state index is 0.0365. The van der Waals surface area contributed by atoms with Gasteiger partial charge in [0.15, 0.2) is 0 Å². The van der Waals surface area contributed by atoms with Crippen LogP contribution in [0.2, 0.25) is 0 Å². The van der Waals surface area contributed by atoms with E-state index in [0.717, 1.165) is 18.7 Å². The topological polar surface area (TPSA) is 15.6 Å². The molecule has 3 heteroatoms. The zero-order valence-electron chi connectivity index (χ0n) is 13.3. The molecule has 4 rings (SSSR count). The maximum atomic E-state index is 5.87. The monoisotopic (exact) mass is 308 g/mol. The molecule has 2 nitrogen and oxygen atoms in total. The number of nitrogens with zero attached hydrogens (tertiary/aromatic N) is 2. The summed E-state index contributed by atoms with van der Waals surface area (Å²) in [5.74, 6) is 4.45. The Bertz CT molecular complexity index is 761. The van der Waals surface area contributed by atoms with Crippen LogP contribution in [-0.2, 0) is 0 Å². The Labute approximate surface area is 136 Å². The predicted molar refractivity (Wildman–Crippen MR) is 94.0 cm³/mol. The van der Waals surface area contributed by atoms with E-state index in [4.69, 9.17) is 10.8 Å². The van der Waals surface area contributed by atoms with Crippen LogP contribution in [-0.4, -0.2) is 15.6 Å². The molecular weight excluding hydrogens is 288 g/mol. The highest BCUT2D eigenvalue weighted by Crippen LogP contribution is 2.76. The van der Waals surface area contributed by atoms with Crippen molar-refractivity contribution in [1.82, 2.24) is 4.90 Å². The number of rotatable bonds is 1. The van der Waals surface area contributed by atoms with Gasteiger partial charge in [0.05, 0.1) is 0 Å². The third-order valence-electron chi connectivity index (χ3n) is 5.78. The normalized spacial score (nSPS) is 42.0. The van der Waals surface area contributed by atoms with Crippen LogP contribution in [0.15, 0.2) is 51.6 Å². The van der Waals surface area contributed by atoms with Gasteiger partial charge in [0.25, 0.3) is 0 Å². The zero-order valence-corrected chi connectivity index (χ0v) is 14.1. The summed E-state index contributed by atoms with van der Waals surface area (Å²) in [7, 11) is 0. The molecule has 4 aliphatic rings. The zero-order chi connectivity index (χ0) is 15.7. The van der Waals surface area contributed by atoms with Gasteiger partial charge in [-0.3, -0.25) is 0 Å². The average Bonchev–Trinajstić information content (AvgIpc) is 2.98. The summed E-state index contributed by atoms with van der Waals surface area (Å²) in [4.78, 5) is 2.51. The van der Waals surface area contributed by atoms with Crippen molar-refractivity contribution in [3.63, 3.8) is 0 Å². The van der Waals surface area contributed by atoms with E-state index >= 15 is 0 Å². The van der Waals surface area contributed by atoms with Crippen molar-refractivity contribution < 1.29 is 0 Å². The van der Waals surface area contributed by atoms with E-state index in [2.05, 4.69) is 50.3 Å². The first-order valence-corrected chi connectivity index (χ1v) is 8.57. The Kier molecular flexibility index (Phi) is 2.67. The van der Waals surface area contributed by atoms with Crippen LogP contribution in [0.3, 0.4) is 0 Å². The Morgan fingerprint density at radius 2 is 2.14 bits per heavy atom. The van der Waals surface area contributed by atoms with Crippen LogP contribution in [0.25, 0.3) is 0 Å². The number of terminal acetylenes is 1. The summed E-state index contributed by atoms with van der Waals surface area (Å²) in [5, 5.41) is 0. The molecule has 1 aliphatic carbocycles. The number of piperidine rings is 1. The van der Waals surface area contributed by atoms with Gasteiger partial charge in [0.1, 0.15) is 10.7 Å². The Morgan fingerprint density at radius 3 is 2.73 bits per heavy atom. The van der Waals surface area contributed by atoms with Crippen LogP contribution < -0.4 is 0 Å². The van der Waals surface area contributed by atoms with E-state index in [1.165, 1.54) is 22.4 Å². The van der Waals surface area contributed by atoms with E-state index in [1.807, 2.05) is 6.08 Å². The molecular formula is C19H20N2S. The molecule has 1 spiro atoms. The van der Waals surface area contributed by atoms with Crippen molar-refractivity contribution >= 4 is 17.8 Å². The number of hydrogen-bond acceptors (Lipinski definition) is 3. The lowest BCUT2D eigenvalue weighted by atomic mass is 9.78. The van der Waals surface area contributed by atoms with Crippen molar-refractivity contribution in [1.29, 1.82) is 0 Å². The van der Waals surface area contributed by atoms with Gasteiger partial charge in [-0.1, -0.05) is 31.7 Å². The maximum absolute atomic E-state index is 5.87. The molecule has 3 aliphatic heterocycles. The molecule has 0 aromatic carbocycles. The van der Waals surface area contributed by atoms with Gasteiger partial charge in [-0.25, -0.2) is 0 Å². The lowest BCUT2D eigenvalue weighted by Gasteiger charge is -2.44. The second-order valence-electron chi connectivity index (χ2n) is 6.61. The molecule has 0 aromatic heterocycles. The second kappa shape index (κ2) is 4.20. The highest BCUT2D eigenvalue weighted by Gasteiger charge is 2.77. The van der Waals surface area contributed by atoms with Crippen molar-refractivity contribution in [2.75, 3.05) is 0 Å². The number of amidine groups is 1. The molecule has 3 heterocycles. The molecule has 3 unspecified atom stereocenters. The predicted octanol–water partition coefficient (Wildman–Crippen LogP) is 4.45. The second-order valence-corrected chi connectivity index (χ2v) is 7.65. The number of hydrogen-bond donors (Lipinski definition) is 0. The molecule has 1 saturated carbocycles. The first-order chi connectivity index (χ1) is 10.6.